The molecule has 3 heterocycles. The predicted molar refractivity (Wildman–Crippen MR) is 125 cm³/mol. The Morgan fingerprint density at radius 1 is 1.03 bits per heavy atom. The lowest BCUT2D eigenvalue weighted by atomic mass is 10.0. The van der Waals surface area contributed by atoms with Crippen molar-refractivity contribution in [2.75, 3.05) is 18.0 Å². The zero-order valence-corrected chi connectivity index (χ0v) is 18.6. The molecule has 0 bridgehead atoms. The molecule has 7 heteroatoms. The van der Waals surface area contributed by atoms with Gasteiger partial charge in [0, 0.05) is 48.7 Å². The molecule has 2 aromatic carbocycles. The van der Waals surface area contributed by atoms with Crippen LogP contribution in [0.25, 0.3) is 0 Å². The standard InChI is InChI=1S/C25H25ClN4O2/c1-17-4-10-21(11-5-17)30-16-20(15-23(30)31)27-25(32)29-14-13-28-12-2-3-22(28)24(29)18-6-8-19(26)9-7-18/h2-12,20,24H,13-16H2,1H3,(H,27,32). The molecule has 164 valence electrons. The second-order valence-corrected chi connectivity index (χ2v) is 8.90. The van der Waals surface area contributed by atoms with Gasteiger partial charge in [0.15, 0.2) is 0 Å². The third kappa shape index (κ3) is 3.86. The van der Waals surface area contributed by atoms with Gasteiger partial charge in [-0.2, -0.15) is 0 Å². The Morgan fingerprint density at radius 2 is 1.78 bits per heavy atom. The highest BCUT2D eigenvalue weighted by atomic mass is 35.5. The molecule has 2 unspecified atom stereocenters. The fraction of sp³-hybridized carbons (Fsp3) is 0.280. The molecule has 2 aliphatic heterocycles. The summed E-state index contributed by atoms with van der Waals surface area (Å²) in [4.78, 5) is 29.6. The summed E-state index contributed by atoms with van der Waals surface area (Å²) in [6, 6.07) is 19.0. The van der Waals surface area contributed by atoms with Gasteiger partial charge in [-0.15, -0.1) is 0 Å². The summed E-state index contributed by atoms with van der Waals surface area (Å²) in [5.74, 6) is 0.0286. The number of carbonyl (C=O) groups excluding carboxylic acids is 2. The molecule has 0 saturated carbocycles. The van der Waals surface area contributed by atoms with Gasteiger partial charge in [0.05, 0.1) is 12.1 Å². The Hall–Kier alpha value is -3.25. The summed E-state index contributed by atoms with van der Waals surface area (Å²) in [6.07, 6.45) is 2.35. The predicted octanol–water partition coefficient (Wildman–Crippen LogP) is 4.37. The first-order valence-corrected chi connectivity index (χ1v) is 11.2. The van der Waals surface area contributed by atoms with Crippen LogP contribution in [0, 0.1) is 6.92 Å². The smallest absolute Gasteiger partial charge is 0.318 e. The van der Waals surface area contributed by atoms with E-state index in [2.05, 4.69) is 16.0 Å². The number of fused-ring (bicyclic) bond motifs is 1. The molecule has 32 heavy (non-hydrogen) atoms. The number of amides is 3. The lowest BCUT2D eigenvalue weighted by molar-refractivity contribution is -0.117. The molecular formula is C25H25ClN4O2. The maximum absolute atomic E-state index is 13.4. The van der Waals surface area contributed by atoms with Crippen LogP contribution in [0.1, 0.15) is 29.3 Å². The van der Waals surface area contributed by atoms with Crippen molar-refractivity contribution in [3.8, 4) is 0 Å². The summed E-state index contributed by atoms with van der Waals surface area (Å²) >= 11 is 6.09. The average molecular weight is 449 g/mol. The number of nitrogens with one attached hydrogen (secondary N) is 1. The first-order chi connectivity index (χ1) is 15.5. The molecule has 0 aliphatic carbocycles. The van der Waals surface area contributed by atoms with E-state index in [0.717, 1.165) is 29.1 Å². The highest BCUT2D eigenvalue weighted by Gasteiger charge is 2.36. The Labute approximate surface area is 192 Å². The number of rotatable bonds is 3. The van der Waals surface area contributed by atoms with Crippen molar-refractivity contribution < 1.29 is 9.59 Å². The van der Waals surface area contributed by atoms with Crippen LogP contribution in [-0.4, -0.2) is 40.5 Å². The number of anilines is 1. The van der Waals surface area contributed by atoms with E-state index in [0.29, 0.717) is 24.5 Å². The fourth-order valence-electron chi connectivity index (χ4n) is 4.63. The molecule has 2 aliphatic rings. The normalized spacial score (nSPS) is 20.4. The molecule has 1 N–H and O–H groups in total. The number of aryl methyl sites for hydroxylation is 1. The van der Waals surface area contributed by atoms with Crippen molar-refractivity contribution in [3.05, 3.63) is 88.7 Å². The van der Waals surface area contributed by atoms with E-state index in [1.54, 1.807) is 4.90 Å². The number of urea groups is 1. The average Bonchev–Trinajstić information content (AvgIpc) is 3.40. The first-order valence-electron chi connectivity index (χ1n) is 10.8. The van der Waals surface area contributed by atoms with Gasteiger partial charge in [0.1, 0.15) is 0 Å². The summed E-state index contributed by atoms with van der Waals surface area (Å²) in [5.41, 5.74) is 4.09. The van der Waals surface area contributed by atoms with Gasteiger partial charge in [-0.3, -0.25) is 4.79 Å². The first kappa shape index (κ1) is 20.6. The number of benzene rings is 2. The van der Waals surface area contributed by atoms with E-state index in [-0.39, 0.29) is 24.0 Å². The van der Waals surface area contributed by atoms with Crippen LogP contribution >= 0.6 is 11.6 Å². The Balaban J connectivity index is 1.35. The molecular weight excluding hydrogens is 424 g/mol. The number of nitrogens with zero attached hydrogens (tertiary/aromatic N) is 3. The van der Waals surface area contributed by atoms with Crippen molar-refractivity contribution in [2.24, 2.45) is 0 Å². The monoisotopic (exact) mass is 448 g/mol. The Kier molecular flexibility index (Phi) is 5.39. The van der Waals surface area contributed by atoms with Gasteiger partial charge in [-0.1, -0.05) is 41.4 Å². The van der Waals surface area contributed by atoms with Crippen molar-refractivity contribution in [1.29, 1.82) is 0 Å². The summed E-state index contributed by atoms with van der Waals surface area (Å²) < 4.78 is 2.18. The van der Waals surface area contributed by atoms with E-state index >= 15 is 0 Å². The van der Waals surface area contributed by atoms with Gasteiger partial charge in [-0.25, -0.2) is 4.79 Å². The van der Waals surface area contributed by atoms with Gasteiger partial charge in [0.2, 0.25) is 5.91 Å². The number of hydrogen-bond acceptors (Lipinski definition) is 2. The SMILES string of the molecule is Cc1ccc(N2CC(NC(=O)N3CCn4cccc4C3c3ccc(Cl)cc3)CC2=O)cc1. The maximum atomic E-state index is 13.4. The number of aromatic nitrogens is 1. The molecule has 0 radical (unpaired) electrons. The summed E-state index contributed by atoms with van der Waals surface area (Å²) in [6.45, 7) is 3.82. The number of halogens is 1. The summed E-state index contributed by atoms with van der Waals surface area (Å²) in [7, 11) is 0. The van der Waals surface area contributed by atoms with Crippen LogP contribution in [0.4, 0.5) is 10.5 Å². The molecule has 0 spiro atoms. The van der Waals surface area contributed by atoms with E-state index in [9.17, 15) is 9.59 Å². The fourth-order valence-corrected chi connectivity index (χ4v) is 4.76. The molecule has 1 aromatic heterocycles. The second-order valence-electron chi connectivity index (χ2n) is 8.46. The van der Waals surface area contributed by atoms with E-state index in [4.69, 9.17) is 11.6 Å². The molecule has 6 nitrogen and oxygen atoms in total. The van der Waals surface area contributed by atoms with Crippen molar-refractivity contribution >= 4 is 29.2 Å². The lowest BCUT2D eigenvalue weighted by Gasteiger charge is -2.38. The van der Waals surface area contributed by atoms with Gasteiger partial charge in [0.25, 0.3) is 0 Å². The molecule has 3 aromatic rings. The second kappa shape index (κ2) is 8.36. The molecule has 2 atom stereocenters. The summed E-state index contributed by atoms with van der Waals surface area (Å²) in [5, 5.41) is 3.78. The molecule has 1 saturated heterocycles. The molecule has 5 rings (SSSR count). The van der Waals surface area contributed by atoms with Crippen LogP contribution in [0.15, 0.2) is 66.9 Å². The van der Waals surface area contributed by atoms with Gasteiger partial charge < -0.3 is 19.7 Å². The quantitative estimate of drug-likeness (QED) is 0.646. The largest absolute Gasteiger partial charge is 0.348 e. The third-order valence-corrected chi connectivity index (χ3v) is 6.54. The lowest BCUT2D eigenvalue weighted by Crippen LogP contribution is -2.50. The van der Waals surface area contributed by atoms with Gasteiger partial charge >= 0.3 is 6.03 Å². The molecule has 1 fully saturated rings. The van der Waals surface area contributed by atoms with Crippen LogP contribution < -0.4 is 10.2 Å². The number of hydrogen-bond donors (Lipinski definition) is 1. The van der Waals surface area contributed by atoms with Crippen LogP contribution in [0.2, 0.25) is 5.02 Å². The zero-order chi connectivity index (χ0) is 22.2. The highest BCUT2D eigenvalue weighted by molar-refractivity contribution is 6.30. The number of carbonyl (C=O) groups is 2. The minimum Gasteiger partial charge on any atom is -0.348 e. The topological polar surface area (TPSA) is 57.6 Å². The minimum atomic E-state index is -0.226. The minimum absolute atomic E-state index is 0.0286. The maximum Gasteiger partial charge on any atom is 0.318 e. The highest BCUT2D eigenvalue weighted by Crippen LogP contribution is 2.33. The van der Waals surface area contributed by atoms with Gasteiger partial charge in [-0.05, 0) is 48.9 Å². The van der Waals surface area contributed by atoms with E-state index in [1.807, 2.05) is 72.6 Å². The third-order valence-electron chi connectivity index (χ3n) is 6.28. The Bertz CT molecular complexity index is 1140. The van der Waals surface area contributed by atoms with Crippen LogP contribution in [-0.2, 0) is 11.3 Å². The molecule has 3 amide bonds. The van der Waals surface area contributed by atoms with Crippen LogP contribution in [0.5, 0.6) is 0 Å². The van der Waals surface area contributed by atoms with Crippen LogP contribution in [0.3, 0.4) is 0 Å². The van der Waals surface area contributed by atoms with Crippen molar-refractivity contribution in [1.82, 2.24) is 14.8 Å². The van der Waals surface area contributed by atoms with Crippen molar-refractivity contribution in [2.45, 2.75) is 32.0 Å². The zero-order valence-electron chi connectivity index (χ0n) is 17.9. The Morgan fingerprint density at radius 3 is 2.53 bits per heavy atom. The van der Waals surface area contributed by atoms with Crippen molar-refractivity contribution in [3.63, 3.8) is 0 Å². The van der Waals surface area contributed by atoms with E-state index < -0.39 is 0 Å². The van der Waals surface area contributed by atoms with E-state index in [1.165, 1.54) is 0 Å².